The molecule has 1 atom stereocenters. The van der Waals surface area contributed by atoms with Crippen LogP contribution in [0.1, 0.15) is 30.7 Å². The summed E-state index contributed by atoms with van der Waals surface area (Å²) in [4.78, 5) is 21.4. The van der Waals surface area contributed by atoms with Crippen LogP contribution in [0, 0.1) is 13.8 Å². The van der Waals surface area contributed by atoms with Crippen LogP contribution in [0.3, 0.4) is 0 Å². The SMILES string of the molecule is Cc1n[nH]c(C)c1S(=O)(=O)NC(CCCC(=O)O)C(=O)O. The Morgan fingerprint density at radius 2 is 1.95 bits per heavy atom. The molecule has 0 saturated heterocycles. The van der Waals surface area contributed by atoms with Gasteiger partial charge in [-0.05, 0) is 26.7 Å². The van der Waals surface area contributed by atoms with E-state index in [1.807, 2.05) is 0 Å². The van der Waals surface area contributed by atoms with Crippen molar-refractivity contribution < 1.29 is 28.2 Å². The lowest BCUT2D eigenvalue weighted by atomic mass is 10.1. The van der Waals surface area contributed by atoms with E-state index in [2.05, 4.69) is 14.9 Å². The number of hydrogen-bond acceptors (Lipinski definition) is 5. The van der Waals surface area contributed by atoms with Gasteiger partial charge in [0.05, 0.1) is 11.4 Å². The van der Waals surface area contributed by atoms with E-state index < -0.39 is 28.0 Å². The minimum atomic E-state index is -4.05. The first kappa shape index (κ1) is 17.1. The monoisotopic (exact) mass is 319 g/mol. The van der Waals surface area contributed by atoms with Gasteiger partial charge in [0, 0.05) is 6.42 Å². The van der Waals surface area contributed by atoms with Crippen LogP contribution in [0.2, 0.25) is 0 Å². The molecule has 0 saturated carbocycles. The van der Waals surface area contributed by atoms with Gasteiger partial charge in [-0.15, -0.1) is 0 Å². The Morgan fingerprint density at radius 1 is 1.33 bits per heavy atom. The number of sulfonamides is 1. The molecule has 0 aliphatic rings. The van der Waals surface area contributed by atoms with Crippen LogP contribution in [0.4, 0.5) is 0 Å². The van der Waals surface area contributed by atoms with E-state index in [9.17, 15) is 18.0 Å². The van der Waals surface area contributed by atoms with E-state index >= 15 is 0 Å². The van der Waals surface area contributed by atoms with Crippen molar-refractivity contribution in [2.45, 2.75) is 44.0 Å². The van der Waals surface area contributed by atoms with Gasteiger partial charge in [0.15, 0.2) is 0 Å². The smallest absolute Gasteiger partial charge is 0.321 e. The van der Waals surface area contributed by atoms with Gasteiger partial charge in [-0.3, -0.25) is 14.7 Å². The number of carboxylic acids is 2. The van der Waals surface area contributed by atoms with Crippen molar-refractivity contribution >= 4 is 22.0 Å². The molecule has 0 aromatic carbocycles. The van der Waals surface area contributed by atoms with Gasteiger partial charge in [-0.2, -0.15) is 9.82 Å². The second-order valence-electron chi connectivity index (χ2n) is 4.56. The standard InChI is InChI=1S/C11H17N3O6S/c1-6-10(7(2)13-12-6)21(19,20)14-8(11(17)18)4-3-5-9(15)16/h8,14H,3-5H2,1-2H3,(H,12,13)(H,15,16)(H,17,18). The topological polar surface area (TPSA) is 149 Å². The fourth-order valence-corrected chi connectivity index (χ4v) is 3.47. The highest BCUT2D eigenvalue weighted by Gasteiger charge is 2.28. The number of carbonyl (C=O) groups is 2. The van der Waals surface area contributed by atoms with Gasteiger partial charge in [-0.1, -0.05) is 0 Å². The average Bonchev–Trinajstić information content (AvgIpc) is 2.67. The number of aromatic amines is 1. The molecule has 1 aromatic rings. The third-order valence-corrected chi connectivity index (χ3v) is 4.54. The van der Waals surface area contributed by atoms with E-state index in [0.717, 1.165) is 0 Å². The van der Waals surface area contributed by atoms with Crippen molar-refractivity contribution in [1.82, 2.24) is 14.9 Å². The Hall–Kier alpha value is -1.94. The third kappa shape index (κ3) is 4.53. The summed E-state index contributed by atoms with van der Waals surface area (Å²) in [5.41, 5.74) is 0.532. The quantitative estimate of drug-likeness (QED) is 0.527. The molecule has 9 nitrogen and oxygen atoms in total. The number of carboxylic acid groups (broad SMARTS) is 2. The zero-order valence-electron chi connectivity index (χ0n) is 11.6. The Labute approximate surface area is 121 Å². The maximum absolute atomic E-state index is 12.2. The zero-order chi connectivity index (χ0) is 16.2. The number of nitrogens with zero attached hydrogens (tertiary/aromatic N) is 1. The molecule has 1 rings (SSSR count). The lowest BCUT2D eigenvalue weighted by molar-refractivity contribution is -0.140. The molecule has 0 fully saturated rings. The highest BCUT2D eigenvalue weighted by Crippen LogP contribution is 2.17. The number of aliphatic carboxylic acids is 2. The van der Waals surface area contributed by atoms with Gasteiger partial charge in [-0.25, -0.2) is 8.42 Å². The first-order chi connectivity index (χ1) is 9.65. The van der Waals surface area contributed by atoms with Crippen molar-refractivity contribution in [3.05, 3.63) is 11.4 Å². The molecule has 0 aliphatic carbocycles. The minimum absolute atomic E-state index is 0.0537. The van der Waals surface area contributed by atoms with Crippen LogP contribution < -0.4 is 4.72 Å². The number of rotatable bonds is 8. The molecule has 10 heteroatoms. The van der Waals surface area contributed by atoms with Crippen LogP contribution in [0.15, 0.2) is 4.90 Å². The lowest BCUT2D eigenvalue weighted by Gasteiger charge is -2.14. The van der Waals surface area contributed by atoms with Crippen molar-refractivity contribution in [2.24, 2.45) is 0 Å². The fourth-order valence-electron chi connectivity index (χ4n) is 1.87. The second-order valence-corrected chi connectivity index (χ2v) is 6.21. The molecule has 21 heavy (non-hydrogen) atoms. The molecule has 1 aromatic heterocycles. The summed E-state index contributed by atoms with van der Waals surface area (Å²) in [6.07, 6.45) is -0.287. The molecular weight excluding hydrogens is 302 g/mol. The van der Waals surface area contributed by atoms with Crippen molar-refractivity contribution in [1.29, 1.82) is 0 Å². The largest absolute Gasteiger partial charge is 0.481 e. The molecule has 0 aliphatic heterocycles. The lowest BCUT2D eigenvalue weighted by Crippen LogP contribution is -2.41. The normalized spacial score (nSPS) is 13.0. The minimum Gasteiger partial charge on any atom is -0.481 e. The first-order valence-corrected chi connectivity index (χ1v) is 7.62. The van der Waals surface area contributed by atoms with Crippen LogP contribution in [-0.4, -0.2) is 46.8 Å². The second kappa shape index (κ2) is 6.68. The molecule has 118 valence electrons. The maximum Gasteiger partial charge on any atom is 0.321 e. The van der Waals surface area contributed by atoms with E-state index in [4.69, 9.17) is 10.2 Å². The van der Waals surface area contributed by atoms with Crippen molar-refractivity contribution in [3.8, 4) is 0 Å². The molecule has 0 spiro atoms. The molecule has 0 radical (unpaired) electrons. The Kier molecular flexibility index (Phi) is 5.44. The summed E-state index contributed by atoms with van der Waals surface area (Å²) in [6, 6.07) is -1.39. The van der Waals surface area contributed by atoms with E-state index in [1.165, 1.54) is 13.8 Å². The highest BCUT2D eigenvalue weighted by atomic mass is 32.2. The Morgan fingerprint density at radius 3 is 2.38 bits per heavy atom. The Bertz CT molecular complexity index is 617. The summed E-state index contributed by atoms with van der Waals surface area (Å²) in [5, 5.41) is 23.8. The van der Waals surface area contributed by atoms with E-state index in [1.54, 1.807) is 0 Å². The van der Waals surface area contributed by atoms with E-state index in [0.29, 0.717) is 5.69 Å². The maximum atomic E-state index is 12.2. The van der Waals surface area contributed by atoms with E-state index in [-0.39, 0.29) is 29.9 Å². The van der Waals surface area contributed by atoms with Crippen LogP contribution in [0.25, 0.3) is 0 Å². The zero-order valence-corrected chi connectivity index (χ0v) is 12.4. The molecular formula is C11H17N3O6S. The predicted molar refractivity (Wildman–Crippen MR) is 71.3 cm³/mol. The molecule has 1 heterocycles. The summed E-state index contributed by atoms with van der Waals surface area (Å²) >= 11 is 0. The number of H-pyrrole nitrogens is 1. The molecule has 4 N–H and O–H groups in total. The highest BCUT2D eigenvalue weighted by molar-refractivity contribution is 7.89. The summed E-state index contributed by atoms with van der Waals surface area (Å²) < 4.78 is 26.5. The number of hydrogen-bond donors (Lipinski definition) is 4. The summed E-state index contributed by atoms with van der Waals surface area (Å²) in [7, 11) is -4.05. The number of aromatic nitrogens is 2. The van der Waals surface area contributed by atoms with Crippen molar-refractivity contribution in [2.75, 3.05) is 0 Å². The van der Waals surface area contributed by atoms with Crippen molar-refractivity contribution in [3.63, 3.8) is 0 Å². The Balaban J connectivity index is 2.88. The van der Waals surface area contributed by atoms with Crippen LogP contribution >= 0.6 is 0 Å². The van der Waals surface area contributed by atoms with Gasteiger partial charge < -0.3 is 10.2 Å². The fraction of sp³-hybridized carbons (Fsp3) is 0.545. The third-order valence-electron chi connectivity index (χ3n) is 2.81. The average molecular weight is 319 g/mol. The summed E-state index contributed by atoms with van der Waals surface area (Å²) in [6.45, 7) is 2.99. The number of aryl methyl sites for hydroxylation is 2. The van der Waals surface area contributed by atoms with Gasteiger partial charge >= 0.3 is 11.9 Å². The number of nitrogens with one attached hydrogen (secondary N) is 2. The predicted octanol–water partition coefficient (Wildman–Crippen LogP) is 0.0129. The molecule has 0 bridgehead atoms. The van der Waals surface area contributed by atoms with Gasteiger partial charge in [0.25, 0.3) is 0 Å². The summed E-state index contributed by atoms with van der Waals surface area (Å²) in [5.74, 6) is -2.42. The van der Waals surface area contributed by atoms with Crippen LogP contribution in [-0.2, 0) is 19.6 Å². The van der Waals surface area contributed by atoms with Gasteiger partial charge in [0.1, 0.15) is 10.9 Å². The molecule has 0 amide bonds. The van der Waals surface area contributed by atoms with Crippen LogP contribution in [0.5, 0.6) is 0 Å². The molecule has 1 unspecified atom stereocenters. The van der Waals surface area contributed by atoms with Gasteiger partial charge in [0.2, 0.25) is 10.0 Å². The first-order valence-electron chi connectivity index (χ1n) is 6.13.